The number of likely N-dealkylation sites (tertiary alicyclic amines) is 1. The van der Waals surface area contributed by atoms with Gasteiger partial charge in [0, 0.05) is 37.3 Å². The number of aliphatic imine (C=N–C) groups is 1. The number of aromatic nitrogens is 1. The first-order valence-electron chi connectivity index (χ1n) is 7.66. The minimum Gasteiger partial charge on any atom is -0.472 e. The fraction of sp³-hybridized carbons (Fsp3) is 0.294. The van der Waals surface area contributed by atoms with Crippen molar-refractivity contribution in [3.05, 3.63) is 47.1 Å². The molecule has 0 amide bonds. The first-order valence-corrected chi connectivity index (χ1v) is 8.04. The number of nitrogens with two attached hydrogens (primary N) is 1. The Kier molecular flexibility index (Phi) is 3.58. The second kappa shape index (κ2) is 5.74. The van der Waals surface area contributed by atoms with Crippen LogP contribution in [-0.4, -0.2) is 34.9 Å². The number of amidine groups is 1. The van der Waals surface area contributed by atoms with Crippen LogP contribution in [0, 0.1) is 0 Å². The smallest absolute Gasteiger partial charge is 0.213 e. The van der Waals surface area contributed by atoms with Crippen LogP contribution in [0.3, 0.4) is 0 Å². The largest absolute Gasteiger partial charge is 0.472 e. The van der Waals surface area contributed by atoms with Crippen LogP contribution in [0.15, 0.2) is 41.5 Å². The average molecular weight is 329 g/mol. The number of pyridine rings is 1. The van der Waals surface area contributed by atoms with Crippen LogP contribution in [0.1, 0.15) is 12.0 Å². The fourth-order valence-corrected chi connectivity index (χ4v) is 3.14. The molecule has 5 nitrogen and oxygen atoms in total. The van der Waals surface area contributed by atoms with E-state index in [4.69, 9.17) is 27.1 Å². The number of ether oxygens (including phenoxy) is 1. The maximum atomic E-state index is 5.93. The van der Waals surface area contributed by atoms with Crippen molar-refractivity contribution in [3.63, 3.8) is 0 Å². The molecule has 1 unspecified atom stereocenters. The molecule has 1 aromatic carbocycles. The number of hydrogen-bond donors (Lipinski definition) is 1. The van der Waals surface area contributed by atoms with Gasteiger partial charge in [-0.05, 0) is 23.8 Å². The number of anilines is 1. The number of nitrogens with zero attached hydrogens (tertiary/aromatic N) is 3. The standard InChI is InChI=1S/C17H17ClN4O/c18-12-2-4-17(20-9-12)23-14-5-6-22(10-14)16-7-11-1-3-13(19)8-15(11)21-16/h1-4,8-9,14H,5-7,10,19H2. The van der Waals surface area contributed by atoms with Crippen LogP contribution >= 0.6 is 11.6 Å². The molecule has 2 aromatic rings. The molecule has 2 aliphatic rings. The third-order valence-electron chi connectivity index (χ3n) is 4.21. The zero-order chi connectivity index (χ0) is 15.8. The summed E-state index contributed by atoms with van der Waals surface area (Å²) in [5.41, 5.74) is 8.81. The Labute approximate surface area is 139 Å². The van der Waals surface area contributed by atoms with Gasteiger partial charge < -0.3 is 15.4 Å². The number of benzene rings is 1. The molecule has 118 valence electrons. The van der Waals surface area contributed by atoms with E-state index in [1.165, 1.54) is 5.56 Å². The Morgan fingerprint density at radius 1 is 1.26 bits per heavy atom. The second-order valence-corrected chi connectivity index (χ2v) is 6.32. The number of halogens is 1. The lowest BCUT2D eigenvalue weighted by Crippen LogP contribution is -2.31. The zero-order valence-electron chi connectivity index (χ0n) is 12.6. The van der Waals surface area contributed by atoms with Gasteiger partial charge in [-0.2, -0.15) is 0 Å². The lowest BCUT2D eigenvalue weighted by Gasteiger charge is -2.18. The predicted molar refractivity (Wildman–Crippen MR) is 91.5 cm³/mol. The highest BCUT2D eigenvalue weighted by molar-refractivity contribution is 6.30. The molecule has 1 saturated heterocycles. The van der Waals surface area contributed by atoms with Crippen molar-refractivity contribution in [2.24, 2.45) is 4.99 Å². The summed E-state index contributed by atoms with van der Waals surface area (Å²) in [4.78, 5) is 11.2. The third-order valence-corrected chi connectivity index (χ3v) is 4.43. The molecule has 0 aliphatic carbocycles. The third kappa shape index (κ3) is 2.97. The van der Waals surface area contributed by atoms with Gasteiger partial charge in [-0.1, -0.05) is 17.7 Å². The fourth-order valence-electron chi connectivity index (χ4n) is 3.03. The van der Waals surface area contributed by atoms with Gasteiger partial charge in [-0.3, -0.25) is 0 Å². The van der Waals surface area contributed by atoms with E-state index < -0.39 is 0 Å². The summed E-state index contributed by atoms with van der Waals surface area (Å²) >= 11 is 5.84. The van der Waals surface area contributed by atoms with Gasteiger partial charge in [0.2, 0.25) is 5.88 Å². The minimum absolute atomic E-state index is 0.125. The lowest BCUT2D eigenvalue weighted by atomic mass is 10.1. The summed E-state index contributed by atoms with van der Waals surface area (Å²) in [6, 6.07) is 9.52. The molecule has 23 heavy (non-hydrogen) atoms. The average Bonchev–Trinajstić information content (AvgIpc) is 3.15. The van der Waals surface area contributed by atoms with E-state index in [0.717, 1.165) is 43.1 Å². The maximum Gasteiger partial charge on any atom is 0.213 e. The van der Waals surface area contributed by atoms with Crippen molar-refractivity contribution >= 4 is 28.8 Å². The Morgan fingerprint density at radius 3 is 3.00 bits per heavy atom. The van der Waals surface area contributed by atoms with E-state index >= 15 is 0 Å². The topological polar surface area (TPSA) is 63.7 Å². The van der Waals surface area contributed by atoms with Gasteiger partial charge in [0.25, 0.3) is 0 Å². The summed E-state index contributed by atoms with van der Waals surface area (Å²) in [5, 5.41) is 0.614. The highest BCUT2D eigenvalue weighted by Gasteiger charge is 2.29. The van der Waals surface area contributed by atoms with Crippen LogP contribution < -0.4 is 10.5 Å². The van der Waals surface area contributed by atoms with Gasteiger partial charge >= 0.3 is 0 Å². The molecule has 4 rings (SSSR count). The molecule has 2 aliphatic heterocycles. The molecule has 0 saturated carbocycles. The molecular formula is C17H17ClN4O. The summed E-state index contributed by atoms with van der Waals surface area (Å²) < 4.78 is 5.93. The summed E-state index contributed by atoms with van der Waals surface area (Å²) in [7, 11) is 0. The Bertz CT molecular complexity index is 760. The summed E-state index contributed by atoms with van der Waals surface area (Å²) in [5.74, 6) is 1.71. The molecule has 0 spiro atoms. The molecule has 1 fully saturated rings. The Balaban J connectivity index is 1.41. The number of fused-ring (bicyclic) bond motifs is 1. The normalized spacial score (nSPS) is 19.6. The molecule has 6 heteroatoms. The minimum atomic E-state index is 0.125. The van der Waals surface area contributed by atoms with Crippen LogP contribution in [0.4, 0.5) is 11.4 Å². The van der Waals surface area contributed by atoms with Crippen molar-refractivity contribution in [1.82, 2.24) is 9.88 Å². The molecule has 1 aromatic heterocycles. The monoisotopic (exact) mass is 328 g/mol. The SMILES string of the molecule is Nc1ccc2c(c1)N=C(N1CCC(Oc3ccc(Cl)cn3)C1)C2. The van der Waals surface area contributed by atoms with E-state index in [1.807, 2.05) is 12.1 Å². The number of nitrogen functional groups attached to an aromatic ring is 1. The number of rotatable bonds is 2. The maximum absolute atomic E-state index is 5.93. The van der Waals surface area contributed by atoms with Gasteiger partial charge in [0.05, 0.1) is 17.3 Å². The van der Waals surface area contributed by atoms with Crippen LogP contribution in [0.5, 0.6) is 5.88 Å². The predicted octanol–water partition coefficient (Wildman–Crippen LogP) is 3.06. The first-order chi connectivity index (χ1) is 11.2. The van der Waals surface area contributed by atoms with Crippen molar-refractivity contribution in [2.75, 3.05) is 18.8 Å². The van der Waals surface area contributed by atoms with Crippen LogP contribution in [0.25, 0.3) is 0 Å². The molecule has 3 heterocycles. The first kappa shape index (κ1) is 14.3. The number of hydrogen-bond acceptors (Lipinski definition) is 5. The molecular weight excluding hydrogens is 312 g/mol. The van der Waals surface area contributed by atoms with E-state index in [9.17, 15) is 0 Å². The van der Waals surface area contributed by atoms with Crippen molar-refractivity contribution in [2.45, 2.75) is 18.9 Å². The summed E-state index contributed by atoms with van der Waals surface area (Å²) in [6.45, 7) is 1.77. The quantitative estimate of drug-likeness (QED) is 0.861. The van der Waals surface area contributed by atoms with Gasteiger partial charge in [0.15, 0.2) is 0 Å². The van der Waals surface area contributed by atoms with Crippen LogP contribution in [0.2, 0.25) is 5.02 Å². The van der Waals surface area contributed by atoms with Gasteiger partial charge in [-0.25, -0.2) is 9.98 Å². The van der Waals surface area contributed by atoms with Gasteiger partial charge in [0.1, 0.15) is 11.9 Å². The van der Waals surface area contributed by atoms with Crippen LogP contribution in [-0.2, 0) is 6.42 Å². The van der Waals surface area contributed by atoms with Crippen molar-refractivity contribution < 1.29 is 4.74 Å². The molecule has 2 N–H and O–H groups in total. The Hall–Kier alpha value is -2.27. The zero-order valence-corrected chi connectivity index (χ0v) is 13.3. The second-order valence-electron chi connectivity index (χ2n) is 5.88. The lowest BCUT2D eigenvalue weighted by molar-refractivity contribution is 0.206. The van der Waals surface area contributed by atoms with Crippen molar-refractivity contribution in [1.29, 1.82) is 0 Å². The molecule has 1 atom stereocenters. The van der Waals surface area contributed by atoms with E-state index in [1.54, 1.807) is 18.3 Å². The summed E-state index contributed by atoms with van der Waals surface area (Å²) in [6.07, 6.45) is 3.55. The molecule has 0 bridgehead atoms. The Morgan fingerprint density at radius 2 is 2.17 bits per heavy atom. The van der Waals surface area contributed by atoms with E-state index in [0.29, 0.717) is 10.9 Å². The highest BCUT2D eigenvalue weighted by atomic mass is 35.5. The van der Waals surface area contributed by atoms with E-state index in [2.05, 4.69) is 16.0 Å². The van der Waals surface area contributed by atoms with Gasteiger partial charge in [-0.15, -0.1) is 0 Å². The van der Waals surface area contributed by atoms with E-state index in [-0.39, 0.29) is 6.10 Å². The highest BCUT2D eigenvalue weighted by Crippen LogP contribution is 2.31. The van der Waals surface area contributed by atoms with Crippen molar-refractivity contribution in [3.8, 4) is 5.88 Å². The molecule has 0 radical (unpaired) electrons.